The normalized spacial score (nSPS) is 16.9. The third-order valence-electron chi connectivity index (χ3n) is 5.64. The van der Waals surface area contributed by atoms with Gasteiger partial charge in [0.15, 0.2) is 0 Å². The molecule has 0 bridgehead atoms. The van der Waals surface area contributed by atoms with Crippen molar-refractivity contribution in [2.75, 3.05) is 6.54 Å². The monoisotopic (exact) mass is 434 g/mol. The third-order valence-corrected chi connectivity index (χ3v) is 5.64. The number of nitrogens with one attached hydrogen (secondary N) is 1. The smallest absolute Gasteiger partial charge is 0.445 e. The maximum atomic E-state index is 12.3. The first kappa shape index (κ1) is 23.4. The molecule has 1 fully saturated rings. The Morgan fingerprint density at radius 2 is 1.72 bits per heavy atom. The van der Waals surface area contributed by atoms with Gasteiger partial charge in [0.25, 0.3) is 0 Å². The number of rotatable bonds is 7. The fourth-order valence-electron chi connectivity index (χ4n) is 3.09. The molecule has 0 spiro atoms. The zero-order valence-corrected chi connectivity index (χ0v) is 18.7. The summed E-state index contributed by atoms with van der Waals surface area (Å²) in [5, 5.41) is 6.51. The average Bonchev–Trinajstić information content (AvgIpc) is 2.98. The summed E-state index contributed by atoms with van der Waals surface area (Å²) < 4.78 is 17.7. The second-order valence-corrected chi connectivity index (χ2v) is 8.47. The van der Waals surface area contributed by atoms with Crippen molar-refractivity contribution in [2.24, 2.45) is 5.11 Å². The van der Waals surface area contributed by atoms with Gasteiger partial charge in [-0.2, -0.15) is 0 Å². The Bertz CT molecular complexity index is 1020. The molecule has 0 aromatic heterocycles. The number of amides is 1. The Kier molecular flexibility index (Phi) is 7.25. The van der Waals surface area contributed by atoms with Crippen LogP contribution in [0.25, 0.3) is 16.5 Å². The lowest BCUT2D eigenvalue weighted by molar-refractivity contribution is 0.00578. The first-order chi connectivity index (χ1) is 15.2. The van der Waals surface area contributed by atoms with Gasteiger partial charge >= 0.3 is 13.2 Å². The second kappa shape index (κ2) is 9.91. The lowest BCUT2D eigenvalue weighted by Gasteiger charge is -2.32. The number of hydrogen-bond acceptors (Lipinski definition) is 5. The maximum Gasteiger partial charge on any atom is 0.492 e. The van der Waals surface area contributed by atoms with Gasteiger partial charge in [0, 0.05) is 17.1 Å². The summed E-state index contributed by atoms with van der Waals surface area (Å²) in [7, 11) is -0.687. The minimum Gasteiger partial charge on any atom is -0.445 e. The molecule has 1 aliphatic heterocycles. The average molecular weight is 434 g/mol. The molecule has 0 radical (unpaired) electrons. The largest absolute Gasteiger partial charge is 0.492 e. The fourth-order valence-corrected chi connectivity index (χ4v) is 3.09. The molecule has 8 nitrogen and oxygen atoms in total. The molecule has 1 heterocycles. The summed E-state index contributed by atoms with van der Waals surface area (Å²) in [6, 6.07) is 16.6. The van der Waals surface area contributed by atoms with Crippen molar-refractivity contribution < 1.29 is 18.8 Å². The second-order valence-electron chi connectivity index (χ2n) is 8.47. The molecule has 2 aromatic rings. The van der Waals surface area contributed by atoms with Gasteiger partial charge in [-0.15, -0.1) is 0 Å². The van der Waals surface area contributed by atoms with Crippen molar-refractivity contribution in [1.82, 2.24) is 5.32 Å². The van der Waals surface area contributed by atoms with Gasteiger partial charge in [0.1, 0.15) is 6.61 Å². The molecule has 0 aliphatic carbocycles. The van der Waals surface area contributed by atoms with Crippen LogP contribution in [0.1, 0.15) is 38.8 Å². The van der Waals surface area contributed by atoms with E-state index in [1.807, 2.05) is 76.2 Å². The number of alkyl carbamates (subject to hydrolysis) is 1. The first-order valence-electron chi connectivity index (χ1n) is 10.4. The minimum atomic E-state index is -0.687. The highest BCUT2D eigenvalue weighted by Gasteiger charge is 2.52. The predicted molar refractivity (Wildman–Crippen MR) is 124 cm³/mol. The van der Waals surface area contributed by atoms with Gasteiger partial charge in [0.2, 0.25) is 0 Å². The van der Waals surface area contributed by atoms with E-state index < -0.39 is 24.4 Å². The Labute approximate surface area is 188 Å². The van der Waals surface area contributed by atoms with Crippen LogP contribution in [0.5, 0.6) is 0 Å². The molecule has 32 heavy (non-hydrogen) atoms. The van der Waals surface area contributed by atoms with Crippen LogP contribution in [0.4, 0.5) is 10.5 Å². The molecule has 3 rings (SSSR count). The van der Waals surface area contributed by atoms with Crippen LogP contribution >= 0.6 is 0 Å². The lowest BCUT2D eigenvalue weighted by atomic mass is 9.77. The molecule has 1 saturated heterocycles. The van der Waals surface area contributed by atoms with E-state index in [2.05, 4.69) is 15.3 Å². The van der Waals surface area contributed by atoms with Crippen LogP contribution in [0.2, 0.25) is 0 Å². The van der Waals surface area contributed by atoms with E-state index in [1.54, 1.807) is 12.1 Å². The standard InChI is InChI=1S/C23H27BN4O4/c1-22(2)23(3,4)32-24(31-22)19(14-18-12-8-9-13-20(18)27-28-25)15-26-21(29)30-16-17-10-6-5-7-11-17/h5-14H,15-16H2,1-4H3,(H,26,29). The van der Waals surface area contributed by atoms with E-state index in [0.717, 1.165) is 5.56 Å². The topological polar surface area (TPSA) is 106 Å². The van der Waals surface area contributed by atoms with E-state index in [1.165, 1.54) is 0 Å². The number of ether oxygens (including phenoxy) is 1. The van der Waals surface area contributed by atoms with E-state index >= 15 is 0 Å². The number of carbonyl (C=O) groups excluding carboxylic acids is 1. The molecular formula is C23H27BN4O4. The van der Waals surface area contributed by atoms with E-state index in [0.29, 0.717) is 16.7 Å². The van der Waals surface area contributed by atoms with Gasteiger partial charge in [-0.1, -0.05) is 65.8 Å². The highest BCUT2D eigenvalue weighted by atomic mass is 16.7. The number of hydrogen-bond donors (Lipinski definition) is 1. The summed E-state index contributed by atoms with van der Waals surface area (Å²) in [6.07, 6.45) is 1.25. The highest BCUT2D eigenvalue weighted by molar-refractivity contribution is 6.56. The quantitative estimate of drug-likeness (QED) is 0.266. The van der Waals surface area contributed by atoms with Crippen LogP contribution in [0, 0.1) is 0 Å². The first-order valence-corrected chi connectivity index (χ1v) is 10.4. The Morgan fingerprint density at radius 3 is 2.38 bits per heavy atom. The number of benzene rings is 2. The molecule has 9 heteroatoms. The molecule has 1 N–H and O–H groups in total. The van der Waals surface area contributed by atoms with Crippen LogP contribution in [-0.2, 0) is 20.7 Å². The van der Waals surface area contributed by atoms with Crippen molar-refractivity contribution in [3.05, 3.63) is 81.6 Å². The zero-order chi connectivity index (χ0) is 23.2. The minimum absolute atomic E-state index is 0.134. The molecule has 1 amide bonds. The lowest BCUT2D eigenvalue weighted by Crippen LogP contribution is -2.41. The maximum absolute atomic E-state index is 12.3. The van der Waals surface area contributed by atoms with Crippen molar-refractivity contribution >= 4 is 25.0 Å². The van der Waals surface area contributed by atoms with Crippen LogP contribution in [0.3, 0.4) is 0 Å². The van der Waals surface area contributed by atoms with Crippen molar-refractivity contribution in [3.63, 3.8) is 0 Å². The van der Waals surface area contributed by atoms with Gasteiger partial charge in [0.05, 0.1) is 11.2 Å². The zero-order valence-electron chi connectivity index (χ0n) is 18.7. The van der Waals surface area contributed by atoms with E-state index in [4.69, 9.17) is 19.6 Å². The van der Waals surface area contributed by atoms with Crippen molar-refractivity contribution in [2.45, 2.75) is 45.5 Å². The number of nitrogens with zero attached hydrogens (tertiary/aromatic N) is 3. The van der Waals surface area contributed by atoms with E-state index in [9.17, 15) is 4.79 Å². The molecule has 1 aliphatic rings. The molecular weight excluding hydrogens is 407 g/mol. The van der Waals surface area contributed by atoms with Crippen LogP contribution in [0.15, 0.2) is 65.2 Å². The summed E-state index contributed by atoms with van der Waals surface area (Å²) in [6.45, 7) is 8.14. The van der Waals surface area contributed by atoms with E-state index in [-0.39, 0.29) is 13.2 Å². The summed E-state index contributed by atoms with van der Waals surface area (Å²) >= 11 is 0. The summed E-state index contributed by atoms with van der Waals surface area (Å²) in [5.74, 6) is 0. The van der Waals surface area contributed by atoms with Gasteiger partial charge < -0.3 is 19.4 Å². The van der Waals surface area contributed by atoms with Crippen LogP contribution in [-0.4, -0.2) is 31.0 Å². The Morgan fingerprint density at radius 1 is 1.09 bits per heavy atom. The fraction of sp³-hybridized carbons (Fsp3) is 0.348. The molecule has 166 valence electrons. The summed E-state index contributed by atoms with van der Waals surface area (Å²) in [4.78, 5) is 15.2. The van der Waals surface area contributed by atoms with Crippen molar-refractivity contribution in [3.8, 4) is 0 Å². The van der Waals surface area contributed by atoms with Crippen molar-refractivity contribution in [1.29, 1.82) is 0 Å². The Balaban J connectivity index is 1.78. The molecule has 0 unspecified atom stereocenters. The van der Waals surface area contributed by atoms with Crippen LogP contribution < -0.4 is 5.32 Å². The van der Waals surface area contributed by atoms with Gasteiger partial charge in [-0.3, -0.25) is 0 Å². The van der Waals surface area contributed by atoms with Gasteiger partial charge in [-0.25, -0.2) is 4.79 Å². The Hall–Kier alpha value is -3.26. The summed E-state index contributed by atoms with van der Waals surface area (Å²) in [5.41, 5.74) is 10.5. The third kappa shape index (κ3) is 5.70. The SMILES string of the molecule is CC1(C)OB(C(=Cc2ccccc2N=[N+]=[N-])CNC(=O)OCc2ccccc2)OC1(C)C. The highest BCUT2D eigenvalue weighted by Crippen LogP contribution is 2.39. The predicted octanol–water partition coefficient (Wildman–Crippen LogP) is 5.57. The van der Waals surface area contributed by atoms with Gasteiger partial charge in [-0.05, 0) is 49.8 Å². The molecule has 0 saturated carbocycles. The number of azide groups is 1. The molecule has 2 aromatic carbocycles. The number of carbonyl (C=O) groups is 1. The molecule has 0 atom stereocenters.